The van der Waals surface area contributed by atoms with Crippen molar-refractivity contribution in [3.05, 3.63) is 53.6 Å². The van der Waals surface area contributed by atoms with E-state index in [4.69, 9.17) is 16.3 Å². The number of benzene rings is 2. The van der Waals surface area contributed by atoms with Gasteiger partial charge in [-0.05, 0) is 56.2 Å². The van der Waals surface area contributed by atoms with Gasteiger partial charge >= 0.3 is 0 Å². The number of para-hydroxylation sites is 1. The van der Waals surface area contributed by atoms with Crippen LogP contribution in [-0.2, 0) is 0 Å². The number of rotatable bonds is 8. The molecule has 0 amide bonds. The molecule has 0 bridgehead atoms. The Bertz CT molecular complexity index is 881. The molecule has 1 atom stereocenters. The molecule has 0 aliphatic rings. The van der Waals surface area contributed by atoms with E-state index in [1.807, 2.05) is 53.1 Å². The normalized spacial score (nSPS) is 12.1. The summed E-state index contributed by atoms with van der Waals surface area (Å²) in [6.45, 7) is 1.81. The number of aliphatic hydroxyl groups is 1. The number of thioether (sulfide) groups is 1. The van der Waals surface area contributed by atoms with Crippen molar-refractivity contribution in [1.82, 2.24) is 14.8 Å². The summed E-state index contributed by atoms with van der Waals surface area (Å²) in [7, 11) is 1.65. The maximum absolute atomic E-state index is 9.45. The monoisotopic (exact) mass is 403 g/mol. The number of hydrogen-bond acceptors (Lipinski definition) is 5. The van der Waals surface area contributed by atoms with E-state index in [-0.39, 0.29) is 6.10 Å². The third kappa shape index (κ3) is 4.83. The molecule has 0 unspecified atom stereocenters. The van der Waals surface area contributed by atoms with Gasteiger partial charge in [0.2, 0.25) is 0 Å². The van der Waals surface area contributed by atoms with Crippen molar-refractivity contribution in [3.63, 3.8) is 0 Å². The number of methoxy groups -OCH3 is 1. The third-order valence-corrected chi connectivity index (χ3v) is 5.33. The van der Waals surface area contributed by atoms with Crippen molar-refractivity contribution in [2.75, 3.05) is 12.9 Å². The second-order valence-corrected chi connectivity index (χ2v) is 7.66. The minimum atomic E-state index is -0.288. The van der Waals surface area contributed by atoms with Gasteiger partial charge in [-0.25, -0.2) is 0 Å². The van der Waals surface area contributed by atoms with E-state index >= 15 is 0 Å². The summed E-state index contributed by atoms with van der Waals surface area (Å²) in [5, 5.41) is 19.8. The molecular formula is C20H22ClN3O2S. The second-order valence-electron chi connectivity index (χ2n) is 6.16. The lowest BCUT2D eigenvalue weighted by molar-refractivity contribution is 0.184. The molecule has 2 aromatic carbocycles. The Hall–Kier alpha value is -2.02. The molecule has 1 heterocycles. The number of hydrogen-bond donors (Lipinski definition) is 1. The average molecular weight is 404 g/mol. The molecule has 0 saturated heterocycles. The van der Waals surface area contributed by atoms with Gasteiger partial charge < -0.3 is 9.84 Å². The third-order valence-electron chi connectivity index (χ3n) is 4.06. The Morgan fingerprint density at radius 1 is 1.15 bits per heavy atom. The molecular weight excluding hydrogens is 382 g/mol. The lowest BCUT2D eigenvalue weighted by atomic mass is 10.2. The van der Waals surface area contributed by atoms with Crippen LogP contribution in [0.15, 0.2) is 53.7 Å². The van der Waals surface area contributed by atoms with E-state index in [0.29, 0.717) is 10.8 Å². The standard InChI is InChI=1S/C20H22ClN3O2S/c1-14(25)6-5-13-27-20-23-22-19(17-7-3-4-8-18(17)26-2)24(20)16-11-9-15(21)10-12-16/h3-4,7-12,14,25H,5-6,13H2,1-2H3/t14-/m0/s1. The van der Waals surface area contributed by atoms with Crippen LogP contribution in [0.5, 0.6) is 5.75 Å². The van der Waals surface area contributed by atoms with Crippen molar-refractivity contribution in [2.45, 2.75) is 31.0 Å². The summed E-state index contributed by atoms with van der Waals surface area (Å²) in [6, 6.07) is 15.4. The SMILES string of the molecule is COc1ccccc1-c1nnc(SCCC[C@H](C)O)n1-c1ccc(Cl)cc1. The van der Waals surface area contributed by atoms with Crippen LogP contribution in [0.25, 0.3) is 17.1 Å². The van der Waals surface area contributed by atoms with E-state index in [2.05, 4.69) is 10.2 Å². The van der Waals surface area contributed by atoms with Crippen LogP contribution in [-0.4, -0.2) is 38.8 Å². The lowest BCUT2D eigenvalue weighted by Crippen LogP contribution is -2.02. The molecule has 5 nitrogen and oxygen atoms in total. The number of halogens is 1. The van der Waals surface area contributed by atoms with Crippen LogP contribution in [0.1, 0.15) is 19.8 Å². The van der Waals surface area contributed by atoms with Gasteiger partial charge in [0.1, 0.15) is 5.75 Å². The van der Waals surface area contributed by atoms with Gasteiger partial charge in [-0.3, -0.25) is 4.57 Å². The van der Waals surface area contributed by atoms with Gasteiger partial charge in [0.25, 0.3) is 0 Å². The summed E-state index contributed by atoms with van der Waals surface area (Å²) in [6.07, 6.45) is 1.38. The minimum Gasteiger partial charge on any atom is -0.496 e. The van der Waals surface area contributed by atoms with Gasteiger partial charge in [0.05, 0.1) is 18.8 Å². The smallest absolute Gasteiger partial charge is 0.196 e. The maximum atomic E-state index is 9.45. The highest BCUT2D eigenvalue weighted by atomic mass is 35.5. The predicted molar refractivity (Wildman–Crippen MR) is 110 cm³/mol. The van der Waals surface area contributed by atoms with Crippen LogP contribution >= 0.6 is 23.4 Å². The predicted octanol–water partition coefficient (Wildman–Crippen LogP) is 4.85. The summed E-state index contributed by atoms with van der Waals surface area (Å²) >= 11 is 7.68. The van der Waals surface area contributed by atoms with E-state index < -0.39 is 0 Å². The molecule has 0 aliphatic heterocycles. The molecule has 3 aromatic rings. The van der Waals surface area contributed by atoms with Crippen LogP contribution in [0, 0.1) is 0 Å². The molecule has 0 aliphatic carbocycles. The first-order chi connectivity index (χ1) is 13.1. The summed E-state index contributed by atoms with van der Waals surface area (Å²) in [5.41, 5.74) is 1.81. The van der Waals surface area contributed by atoms with Gasteiger partial charge in [0, 0.05) is 16.5 Å². The molecule has 3 rings (SSSR count). The maximum Gasteiger partial charge on any atom is 0.196 e. The van der Waals surface area contributed by atoms with Gasteiger partial charge in [0.15, 0.2) is 11.0 Å². The van der Waals surface area contributed by atoms with Crippen molar-refractivity contribution in [1.29, 1.82) is 0 Å². The largest absolute Gasteiger partial charge is 0.496 e. The Morgan fingerprint density at radius 3 is 2.59 bits per heavy atom. The van der Waals surface area contributed by atoms with Crippen LogP contribution in [0.2, 0.25) is 5.02 Å². The molecule has 1 aromatic heterocycles. The Morgan fingerprint density at radius 2 is 1.89 bits per heavy atom. The molecule has 7 heteroatoms. The second kappa shape index (κ2) is 9.26. The number of ether oxygens (including phenoxy) is 1. The molecule has 27 heavy (non-hydrogen) atoms. The fourth-order valence-corrected chi connectivity index (χ4v) is 3.77. The van der Waals surface area contributed by atoms with Crippen molar-refractivity contribution in [3.8, 4) is 22.8 Å². The molecule has 142 valence electrons. The van der Waals surface area contributed by atoms with Crippen molar-refractivity contribution < 1.29 is 9.84 Å². The summed E-state index contributed by atoms with van der Waals surface area (Å²) in [4.78, 5) is 0. The Labute approximate surface area is 168 Å². The molecule has 1 N–H and O–H groups in total. The zero-order chi connectivity index (χ0) is 19.2. The van der Waals surface area contributed by atoms with Crippen molar-refractivity contribution >= 4 is 23.4 Å². The quantitative estimate of drug-likeness (QED) is 0.430. The lowest BCUT2D eigenvalue weighted by Gasteiger charge is -2.12. The fraction of sp³-hybridized carbons (Fsp3) is 0.300. The first kappa shape index (κ1) is 19.7. The highest BCUT2D eigenvalue weighted by molar-refractivity contribution is 7.99. The molecule has 0 radical (unpaired) electrons. The van der Waals surface area contributed by atoms with Crippen LogP contribution in [0.3, 0.4) is 0 Å². The van der Waals surface area contributed by atoms with E-state index in [9.17, 15) is 5.11 Å². The molecule has 0 spiro atoms. The highest BCUT2D eigenvalue weighted by Gasteiger charge is 2.18. The zero-order valence-corrected chi connectivity index (χ0v) is 16.9. The van der Waals surface area contributed by atoms with Crippen molar-refractivity contribution in [2.24, 2.45) is 0 Å². The number of nitrogens with zero attached hydrogens (tertiary/aromatic N) is 3. The van der Waals surface area contributed by atoms with E-state index in [1.165, 1.54) is 0 Å². The first-order valence-electron chi connectivity index (χ1n) is 8.75. The summed E-state index contributed by atoms with van der Waals surface area (Å²) < 4.78 is 7.52. The molecule has 0 fully saturated rings. The van der Waals surface area contributed by atoms with Gasteiger partial charge in [-0.1, -0.05) is 35.5 Å². The highest BCUT2D eigenvalue weighted by Crippen LogP contribution is 2.33. The number of aromatic nitrogens is 3. The van der Waals surface area contributed by atoms with Gasteiger partial charge in [-0.15, -0.1) is 10.2 Å². The van der Waals surface area contributed by atoms with Gasteiger partial charge in [-0.2, -0.15) is 0 Å². The van der Waals surface area contributed by atoms with E-state index in [1.54, 1.807) is 25.8 Å². The first-order valence-corrected chi connectivity index (χ1v) is 10.1. The molecule has 0 saturated carbocycles. The minimum absolute atomic E-state index is 0.288. The zero-order valence-electron chi connectivity index (χ0n) is 15.3. The topological polar surface area (TPSA) is 60.2 Å². The van der Waals surface area contributed by atoms with E-state index in [0.717, 1.165) is 40.8 Å². The van der Waals surface area contributed by atoms with Crippen LogP contribution < -0.4 is 4.74 Å². The van der Waals surface area contributed by atoms with Crippen LogP contribution in [0.4, 0.5) is 0 Å². The summed E-state index contributed by atoms with van der Waals surface area (Å²) in [5.74, 6) is 2.31. The number of aliphatic hydroxyl groups excluding tert-OH is 1. The fourth-order valence-electron chi connectivity index (χ4n) is 2.73. The Balaban J connectivity index is 1.99. The average Bonchev–Trinajstić information content (AvgIpc) is 3.09. The Kier molecular flexibility index (Phi) is 6.77.